The van der Waals surface area contributed by atoms with Crippen LogP contribution in [-0.4, -0.2) is 86.8 Å². The third-order valence-corrected chi connectivity index (χ3v) is 11.0. The maximum atomic E-state index is 15.2. The summed E-state index contributed by atoms with van der Waals surface area (Å²) < 4.78 is 23.8. The molecule has 1 aromatic heterocycles. The van der Waals surface area contributed by atoms with E-state index in [0.29, 0.717) is 67.7 Å². The molecular formula is C41H48Cl4N4O7. The van der Waals surface area contributed by atoms with Crippen molar-refractivity contribution in [3.8, 4) is 5.75 Å². The van der Waals surface area contributed by atoms with Crippen molar-refractivity contribution in [1.82, 2.24) is 19.7 Å². The number of oxazole rings is 1. The molecule has 2 atom stereocenters. The number of aryl methyl sites for hydroxylation is 2. The average Bonchev–Trinajstić information content (AvgIpc) is 3.82. The number of carbonyl (C=O) groups is 3. The van der Waals surface area contributed by atoms with Crippen molar-refractivity contribution >= 4 is 70.1 Å². The third kappa shape index (κ3) is 9.89. The van der Waals surface area contributed by atoms with Gasteiger partial charge in [0.2, 0.25) is 5.89 Å². The first-order valence-corrected chi connectivity index (χ1v) is 20.3. The molecule has 2 aromatic carbocycles. The lowest BCUT2D eigenvalue weighted by Gasteiger charge is -2.50. The summed E-state index contributed by atoms with van der Waals surface area (Å²) >= 11 is 25.8. The van der Waals surface area contributed by atoms with Crippen LogP contribution in [0, 0.1) is 6.92 Å². The Bertz CT molecular complexity index is 1990. The highest BCUT2D eigenvalue weighted by atomic mass is 35.5. The van der Waals surface area contributed by atoms with Gasteiger partial charge in [-0.2, -0.15) is 0 Å². The largest absolute Gasteiger partial charge is 0.490 e. The van der Waals surface area contributed by atoms with Crippen molar-refractivity contribution < 1.29 is 33.0 Å². The van der Waals surface area contributed by atoms with E-state index in [-0.39, 0.29) is 43.9 Å². The normalized spacial score (nSPS) is 18.6. The minimum Gasteiger partial charge on any atom is -0.490 e. The first-order chi connectivity index (χ1) is 26.3. The van der Waals surface area contributed by atoms with Crippen LogP contribution >= 0.6 is 46.4 Å². The van der Waals surface area contributed by atoms with E-state index in [1.165, 1.54) is 0 Å². The summed E-state index contributed by atoms with van der Waals surface area (Å²) in [6.45, 7) is 13.3. The maximum Gasteiger partial charge on any atom is 0.411 e. The first kappa shape index (κ1) is 42.0. The molecule has 3 amide bonds. The van der Waals surface area contributed by atoms with Crippen molar-refractivity contribution in [3.05, 3.63) is 85.0 Å². The van der Waals surface area contributed by atoms with Crippen molar-refractivity contribution in [2.45, 2.75) is 116 Å². The zero-order valence-electron chi connectivity index (χ0n) is 32.7. The molecule has 15 heteroatoms. The van der Waals surface area contributed by atoms with E-state index in [0.717, 1.165) is 18.4 Å². The lowest BCUT2D eigenvalue weighted by atomic mass is 9.84. The minimum absolute atomic E-state index is 0.0132. The smallest absolute Gasteiger partial charge is 0.411 e. The van der Waals surface area contributed by atoms with Gasteiger partial charge in [-0.25, -0.2) is 14.6 Å². The fraction of sp³-hybridized carbons (Fsp3) is 0.512. The van der Waals surface area contributed by atoms with Crippen LogP contribution in [0.5, 0.6) is 5.75 Å². The number of benzene rings is 2. The van der Waals surface area contributed by atoms with Crippen molar-refractivity contribution in [2.24, 2.45) is 0 Å². The molecular weight excluding hydrogens is 802 g/mol. The summed E-state index contributed by atoms with van der Waals surface area (Å²) in [5.74, 6) is 0.382. The van der Waals surface area contributed by atoms with Gasteiger partial charge in [-0.3, -0.25) is 9.69 Å². The number of aromatic nitrogens is 1. The van der Waals surface area contributed by atoms with Crippen LogP contribution in [0.15, 0.2) is 46.6 Å². The number of fused-ring (bicyclic) bond motifs is 2. The number of rotatable bonds is 10. The second-order valence-corrected chi connectivity index (χ2v) is 18.2. The molecule has 1 saturated carbocycles. The van der Waals surface area contributed by atoms with Crippen molar-refractivity contribution in [3.63, 3.8) is 0 Å². The van der Waals surface area contributed by atoms with E-state index >= 15 is 4.79 Å². The molecule has 2 bridgehead atoms. The van der Waals surface area contributed by atoms with Gasteiger partial charge in [-0.15, -0.1) is 0 Å². The predicted molar refractivity (Wildman–Crippen MR) is 217 cm³/mol. The van der Waals surface area contributed by atoms with Crippen molar-refractivity contribution in [1.29, 1.82) is 0 Å². The second kappa shape index (κ2) is 16.7. The van der Waals surface area contributed by atoms with Gasteiger partial charge in [0.25, 0.3) is 5.91 Å². The SMILES string of the molecule is Cc1cc(Cl)c(OCCCc2coc(C3=C(C(=O)N(Cc4cccc(Cl)c4Cl)C4CC4)C4CN(C(=O)OC(C)(C)C)CC(C3)N4C(=O)OC(C)(C)C)n2)c(Cl)c1. The van der Waals surface area contributed by atoms with Crippen LogP contribution < -0.4 is 4.74 Å². The van der Waals surface area contributed by atoms with Crippen LogP contribution in [0.3, 0.4) is 0 Å². The van der Waals surface area contributed by atoms with Gasteiger partial charge in [-0.05, 0) is 103 Å². The lowest BCUT2D eigenvalue weighted by molar-refractivity contribution is -0.129. The fourth-order valence-corrected chi connectivity index (χ4v) is 8.11. The summed E-state index contributed by atoms with van der Waals surface area (Å²) in [7, 11) is 0. The molecule has 1 aliphatic carbocycles. The highest BCUT2D eigenvalue weighted by Crippen LogP contribution is 2.42. The number of piperazine rings is 1. The average molecular weight is 851 g/mol. The Morgan fingerprint density at radius 3 is 2.23 bits per heavy atom. The monoisotopic (exact) mass is 848 g/mol. The molecule has 0 radical (unpaired) electrons. The third-order valence-electron chi connectivity index (χ3n) is 9.54. The highest BCUT2D eigenvalue weighted by molar-refractivity contribution is 6.42. The Morgan fingerprint density at radius 1 is 0.929 bits per heavy atom. The molecule has 56 heavy (non-hydrogen) atoms. The fourth-order valence-electron chi connectivity index (χ4n) is 7.02. The number of carbonyl (C=O) groups excluding carboxylic acids is 3. The van der Waals surface area contributed by atoms with Gasteiger partial charge in [0.1, 0.15) is 17.5 Å². The Hall–Kier alpha value is -3.64. The summed E-state index contributed by atoms with van der Waals surface area (Å²) in [6.07, 6.45) is 3.29. The Labute approximate surface area is 348 Å². The summed E-state index contributed by atoms with van der Waals surface area (Å²) in [6, 6.07) is 7.37. The van der Waals surface area contributed by atoms with E-state index in [1.807, 2.05) is 13.0 Å². The van der Waals surface area contributed by atoms with Gasteiger partial charge in [0.05, 0.1) is 50.0 Å². The number of amides is 3. The number of halogens is 4. The predicted octanol–water partition coefficient (Wildman–Crippen LogP) is 10.2. The second-order valence-electron chi connectivity index (χ2n) is 16.6. The zero-order valence-corrected chi connectivity index (χ0v) is 35.7. The van der Waals surface area contributed by atoms with Gasteiger partial charge in [-0.1, -0.05) is 58.5 Å². The van der Waals surface area contributed by atoms with Crippen LogP contribution in [0.25, 0.3) is 5.57 Å². The van der Waals surface area contributed by atoms with Gasteiger partial charge in [0, 0.05) is 37.7 Å². The first-order valence-electron chi connectivity index (χ1n) is 18.8. The molecule has 0 N–H and O–H groups in total. The topological polar surface area (TPSA) is 115 Å². The quantitative estimate of drug-likeness (QED) is 0.185. The highest BCUT2D eigenvalue weighted by Gasteiger charge is 2.51. The zero-order chi connectivity index (χ0) is 40.7. The molecule has 302 valence electrons. The molecule has 3 aromatic rings. The molecule has 0 spiro atoms. The number of ether oxygens (including phenoxy) is 3. The van der Waals surface area contributed by atoms with Gasteiger partial charge >= 0.3 is 12.2 Å². The lowest BCUT2D eigenvalue weighted by Crippen LogP contribution is -2.66. The summed E-state index contributed by atoms with van der Waals surface area (Å²) in [5.41, 5.74) is 1.57. The Morgan fingerprint density at radius 2 is 1.59 bits per heavy atom. The van der Waals surface area contributed by atoms with E-state index in [9.17, 15) is 9.59 Å². The molecule has 2 unspecified atom stereocenters. The minimum atomic E-state index is -0.906. The van der Waals surface area contributed by atoms with Crippen LogP contribution in [0.4, 0.5) is 9.59 Å². The molecule has 11 nitrogen and oxygen atoms in total. The molecule has 3 heterocycles. The van der Waals surface area contributed by atoms with Gasteiger partial charge in [0.15, 0.2) is 5.75 Å². The maximum absolute atomic E-state index is 15.2. The van der Waals surface area contributed by atoms with E-state index < -0.39 is 35.5 Å². The number of hydrogen-bond donors (Lipinski definition) is 0. The standard InChI is InChI=1S/C41H48Cl4N4O7/c1-23-16-30(43)35(31(44)17-23)53-15-9-11-25-22-54-36(46-25)28-18-27-20-47(38(51)55-40(2,3)4)21-32(49(27)39(52)56-41(5,6)7)33(28)37(50)48(26-13-14-26)19-24-10-8-12-29(42)34(24)45/h8,10,12,16-17,22,26-27,32H,9,11,13-15,18-21H2,1-7H3. The van der Waals surface area contributed by atoms with Gasteiger partial charge < -0.3 is 28.4 Å². The van der Waals surface area contributed by atoms with E-state index in [2.05, 4.69) is 0 Å². The number of nitrogens with zero attached hydrogens (tertiary/aromatic N) is 4. The van der Waals surface area contributed by atoms with Crippen LogP contribution in [-0.2, 0) is 27.2 Å². The number of hydrogen-bond acceptors (Lipinski definition) is 8. The Balaban J connectivity index is 1.37. The Kier molecular flexibility index (Phi) is 12.5. The van der Waals surface area contributed by atoms with E-state index in [4.69, 9.17) is 70.0 Å². The van der Waals surface area contributed by atoms with Crippen LogP contribution in [0.1, 0.15) is 89.9 Å². The summed E-state index contributed by atoms with van der Waals surface area (Å²) in [5, 5.41) is 1.62. The van der Waals surface area contributed by atoms with Crippen LogP contribution in [0.2, 0.25) is 20.1 Å². The van der Waals surface area contributed by atoms with E-state index in [1.54, 1.807) is 86.8 Å². The summed E-state index contributed by atoms with van der Waals surface area (Å²) in [4.78, 5) is 52.7. The van der Waals surface area contributed by atoms with Crippen molar-refractivity contribution in [2.75, 3.05) is 19.7 Å². The molecule has 1 saturated heterocycles. The molecule has 3 aliphatic rings. The molecule has 2 aliphatic heterocycles. The molecule has 2 fully saturated rings. The molecule has 6 rings (SSSR count).